The standard InChI is InChI=1S/C34H36F3N7O3/c1-2-22-25(36)6-5-19-11-21(45)12-23(26(19)22)28-27(37)29-24(14-38-28)30(43-9-3-7-33(17-43)16-39-31(46)42-33)41-32(40-29)47-18-34-8-4-10-44(34)15-20(35)13-34/h5-6,11-12,14,20,45H,2-4,7-10,13,15-18H2,1H3,(H2,39,42,46)/t20-,33?,34+/m1/s1. The first-order valence-corrected chi connectivity index (χ1v) is 16.3. The Hall–Kier alpha value is -4.39. The number of hydrogen-bond acceptors (Lipinski definition) is 8. The van der Waals surface area contributed by atoms with Crippen molar-refractivity contribution in [2.75, 3.05) is 44.2 Å². The summed E-state index contributed by atoms with van der Waals surface area (Å²) >= 11 is 0. The fourth-order valence-corrected chi connectivity index (χ4v) is 8.33. The monoisotopic (exact) mass is 647 g/mol. The van der Waals surface area contributed by atoms with E-state index < -0.39 is 28.9 Å². The van der Waals surface area contributed by atoms with Crippen LogP contribution in [0.25, 0.3) is 32.9 Å². The van der Waals surface area contributed by atoms with Crippen LogP contribution in [0.3, 0.4) is 0 Å². The Kier molecular flexibility index (Phi) is 7.08. The summed E-state index contributed by atoms with van der Waals surface area (Å²) < 4.78 is 52.6. The van der Waals surface area contributed by atoms with E-state index in [4.69, 9.17) is 9.72 Å². The first kappa shape index (κ1) is 30.0. The number of benzene rings is 2. The number of aromatic hydroxyl groups is 1. The average molecular weight is 648 g/mol. The Bertz CT molecular complexity index is 1930. The Balaban J connectivity index is 1.27. The number of halogens is 3. The highest BCUT2D eigenvalue weighted by atomic mass is 19.1. The number of nitrogens with zero attached hydrogens (tertiary/aromatic N) is 5. The number of hydrogen-bond donors (Lipinski definition) is 3. The second-order valence-electron chi connectivity index (χ2n) is 13.5. The number of carbonyl (C=O) groups is 1. The van der Waals surface area contributed by atoms with Crippen molar-refractivity contribution in [3.63, 3.8) is 0 Å². The summed E-state index contributed by atoms with van der Waals surface area (Å²) in [6.07, 6.45) is 4.54. The summed E-state index contributed by atoms with van der Waals surface area (Å²) in [6.45, 7) is 4.63. The third kappa shape index (κ3) is 4.97. The molecule has 4 aromatic rings. The van der Waals surface area contributed by atoms with E-state index in [9.17, 15) is 18.7 Å². The second-order valence-corrected chi connectivity index (χ2v) is 13.5. The van der Waals surface area contributed by atoms with Gasteiger partial charge in [-0.25, -0.2) is 18.0 Å². The summed E-state index contributed by atoms with van der Waals surface area (Å²) in [7, 11) is 0. The number of alkyl halides is 1. The van der Waals surface area contributed by atoms with Gasteiger partial charge in [-0.3, -0.25) is 9.88 Å². The number of ether oxygens (including phenoxy) is 1. The lowest BCUT2D eigenvalue weighted by Crippen LogP contribution is -2.56. The third-order valence-electron chi connectivity index (χ3n) is 10.5. The highest BCUT2D eigenvalue weighted by Crippen LogP contribution is 2.42. The van der Waals surface area contributed by atoms with Crippen LogP contribution in [0.4, 0.5) is 23.8 Å². The average Bonchev–Trinajstić information content (AvgIpc) is 3.71. The van der Waals surface area contributed by atoms with Gasteiger partial charge in [-0.15, -0.1) is 0 Å². The topological polar surface area (TPSA) is 116 Å². The molecule has 0 bridgehead atoms. The van der Waals surface area contributed by atoms with Crippen molar-refractivity contribution in [2.24, 2.45) is 0 Å². The number of anilines is 1. The molecule has 8 rings (SSSR count). The van der Waals surface area contributed by atoms with Crippen molar-refractivity contribution < 1.29 is 27.8 Å². The molecule has 10 nitrogen and oxygen atoms in total. The zero-order valence-corrected chi connectivity index (χ0v) is 26.1. The minimum atomic E-state index is -0.937. The maximum absolute atomic E-state index is 16.9. The Labute approximate surface area is 269 Å². The first-order valence-electron chi connectivity index (χ1n) is 16.3. The number of aromatic nitrogens is 3. The maximum atomic E-state index is 16.9. The van der Waals surface area contributed by atoms with Gasteiger partial charge >= 0.3 is 12.0 Å². The van der Waals surface area contributed by atoms with E-state index in [1.165, 1.54) is 24.4 Å². The van der Waals surface area contributed by atoms with Crippen LogP contribution in [0.2, 0.25) is 0 Å². The van der Waals surface area contributed by atoms with E-state index in [0.717, 1.165) is 32.2 Å². The van der Waals surface area contributed by atoms with Crippen LogP contribution in [0.15, 0.2) is 30.5 Å². The summed E-state index contributed by atoms with van der Waals surface area (Å²) in [4.78, 5) is 30.1. The zero-order chi connectivity index (χ0) is 32.5. The van der Waals surface area contributed by atoms with Crippen LogP contribution in [0, 0.1) is 11.6 Å². The van der Waals surface area contributed by atoms with Crippen molar-refractivity contribution in [3.8, 4) is 23.0 Å². The molecule has 246 valence electrons. The summed E-state index contributed by atoms with van der Waals surface area (Å²) in [5.74, 6) is -0.880. The molecule has 0 aliphatic carbocycles. The maximum Gasteiger partial charge on any atom is 0.319 e. The minimum Gasteiger partial charge on any atom is -0.508 e. The molecule has 13 heteroatoms. The summed E-state index contributed by atoms with van der Waals surface area (Å²) in [6, 6.07) is 5.53. The number of piperidine rings is 1. The van der Waals surface area contributed by atoms with E-state index in [1.54, 1.807) is 6.07 Å². The van der Waals surface area contributed by atoms with Crippen molar-refractivity contribution >= 4 is 33.5 Å². The van der Waals surface area contributed by atoms with Crippen molar-refractivity contribution in [1.29, 1.82) is 0 Å². The normalized spacial score (nSPS) is 25.9. The van der Waals surface area contributed by atoms with E-state index in [-0.39, 0.29) is 41.2 Å². The molecule has 2 amide bonds. The van der Waals surface area contributed by atoms with Crippen molar-refractivity contribution in [3.05, 3.63) is 47.7 Å². The van der Waals surface area contributed by atoms with Crippen molar-refractivity contribution in [2.45, 2.75) is 62.7 Å². The van der Waals surface area contributed by atoms with Crippen LogP contribution >= 0.6 is 0 Å². The smallest absolute Gasteiger partial charge is 0.319 e. The lowest BCUT2D eigenvalue weighted by molar-refractivity contribution is 0.107. The van der Waals surface area contributed by atoms with Gasteiger partial charge in [0.15, 0.2) is 5.82 Å². The quantitative estimate of drug-likeness (QED) is 0.268. The van der Waals surface area contributed by atoms with Gasteiger partial charge in [0.1, 0.15) is 41.4 Å². The molecule has 6 heterocycles. The predicted molar refractivity (Wildman–Crippen MR) is 170 cm³/mol. The molecule has 1 spiro atoms. The van der Waals surface area contributed by atoms with Crippen molar-refractivity contribution in [1.82, 2.24) is 30.5 Å². The number of pyridine rings is 1. The third-order valence-corrected chi connectivity index (χ3v) is 10.5. The highest BCUT2D eigenvalue weighted by Gasteiger charge is 2.49. The number of aryl methyl sites for hydroxylation is 1. The van der Waals surface area contributed by atoms with Crippen LogP contribution in [0.5, 0.6) is 11.8 Å². The number of fused-ring (bicyclic) bond motifs is 3. The van der Waals surface area contributed by atoms with E-state index in [2.05, 4.69) is 25.5 Å². The zero-order valence-electron chi connectivity index (χ0n) is 26.1. The SMILES string of the molecule is CCc1c(F)ccc2cc(O)cc(-c3ncc4c(N5CCCC6(CNC(=O)N6)C5)nc(OC[C@@]56CCCN5C[C@H](F)C6)nc4c3F)c12. The number of amides is 2. The molecular weight excluding hydrogens is 611 g/mol. The second kappa shape index (κ2) is 11.1. The van der Waals surface area contributed by atoms with Gasteiger partial charge in [-0.1, -0.05) is 13.0 Å². The van der Waals surface area contributed by atoms with Gasteiger partial charge in [0.05, 0.1) is 16.5 Å². The molecule has 2 aromatic carbocycles. The Morgan fingerprint density at radius 1 is 1.15 bits per heavy atom. The Morgan fingerprint density at radius 3 is 2.81 bits per heavy atom. The molecule has 3 N–H and O–H groups in total. The fourth-order valence-electron chi connectivity index (χ4n) is 8.33. The van der Waals surface area contributed by atoms with E-state index in [0.29, 0.717) is 66.6 Å². The van der Waals surface area contributed by atoms with E-state index >= 15 is 4.39 Å². The van der Waals surface area contributed by atoms with Gasteiger partial charge in [-0.2, -0.15) is 9.97 Å². The number of urea groups is 1. The highest BCUT2D eigenvalue weighted by molar-refractivity contribution is 6.01. The molecule has 1 unspecified atom stereocenters. The molecule has 0 radical (unpaired) electrons. The number of nitrogens with one attached hydrogen (secondary N) is 2. The van der Waals surface area contributed by atoms with Crippen LogP contribution < -0.4 is 20.3 Å². The van der Waals surface area contributed by atoms with Gasteiger partial charge in [0, 0.05) is 44.4 Å². The molecule has 47 heavy (non-hydrogen) atoms. The van der Waals surface area contributed by atoms with Crippen LogP contribution in [-0.2, 0) is 6.42 Å². The van der Waals surface area contributed by atoms with Gasteiger partial charge in [0.25, 0.3) is 0 Å². The molecule has 4 aliphatic rings. The van der Waals surface area contributed by atoms with Gasteiger partial charge in [0.2, 0.25) is 0 Å². The minimum absolute atomic E-state index is 0.0373. The molecule has 4 aliphatic heterocycles. The molecule has 4 saturated heterocycles. The molecule has 4 fully saturated rings. The van der Waals surface area contributed by atoms with Crippen LogP contribution in [-0.4, -0.2) is 87.6 Å². The van der Waals surface area contributed by atoms with E-state index in [1.807, 2.05) is 11.8 Å². The largest absolute Gasteiger partial charge is 0.508 e. The summed E-state index contributed by atoms with van der Waals surface area (Å²) in [5.41, 5.74) is -0.464. The number of carbonyl (C=O) groups excluding carboxylic acids is 1. The van der Waals surface area contributed by atoms with Gasteiger partial charge in [-0.05, 0) is 73.2 Å². The Morgan fingerprint density at radius 2 is 2.00 bits per heavy atom. The number of phenolic OH excluding ortho intramolecular Hbond substituents is 1. The fraction of sp³-hybridized carbons (Fsp3) is 0.471. The lowest BCUT2D eigenvalue weighted by atomic mass is 9.90. The lowest BCUT2D eigenvalue weighted by Gasteiger charge is -2.40. The molecule has 2 aromatic heterocycles. The number of phenols is 1. The first-order chi connectivity index (χ1) is 22.7. The molecule has 3 atom stereocenters. The predicted octanol–water partition coefficient (Wildman–Crippen LogP) is 5.00. The number of rotatable bonds is 6. The molecule has 0 saturated carbocycles. The van der Waals surface area contributed by atoms with Gasteiger partial charge < -0.3 is 25.4 Å². The van der Waals surface area contributed by atoms with Crippen LogP contribution in [0.1, 0.15) is 44.6 Å². The molecular formula is C34H36F3N7O3. The summed E-state index contributed by atoms with van der Waals surface area (Å²) in [5, 5.41) is 17.9.